The SMILES string of the molecule is CCc1c(C)c(C)c(C)c(C)c1CC. The number of hydrogen-bond donors (Lipinski definition) is 0. The predicted octanol–water partition coefficient (Wildman–Crippen LogP) is 4.05. The van der Waals surface area contributed by atoms with E-state index in [-0.39, 0.29) is 0 Å². The summed E-state index contributed by atoms with van der Waals surface area (Å²) >= 11 is 0. The summed E-state index contributed by atoms with van der Waals surface area (Å²) in [6.45, 7) is 13.5. The molecule has 1 rings (SSSR count). The van der Waals surface area contributed by atoms with Gasteiger partial charge in [0.2, 0.25) is 0 Å². The number of rotatable bonds is 2. The minimum Gasteiger partial charge on any atom is -0.0613 e. The van der Waals surface area contributed by atoms with Crippen LogP contribution in [0, 0.1) is 27.7 Å². The van der Waals surface area contributed by atoms with Crippen molar-refractivity contribution in [2.75, 3.05) is 0 Å². The molecule has 0 heteroatoms. The van der Waals surface area contributed by atoms with Crippen LogP contribution in [0.25, 0.3) is 0 Å². The summed E-state index contributed by atoms with van der Waals surface area (Å²) in [4.78, 5) is 0. The van der Waals surface area contributed by atoms with Crippen molar-refractivity contribution in [3.63, 3.8) is 0 Å². The van der Waals surface area contributed by atoms with Gasteiger partial charge in [-0.25, -0.2) is 0 Å². The molecule has 0 bridgehead atoms. The maximum absolute atomic E-state index is 2.26. The standard InChI is InChI=1S/C14H22/c1-7-13-11(5)9(3)10(4)12(6)14(13)8-2/h7-8H2,1-6H3. The Bertz CT molecular complexity index is 311. The molecular weight excluding hydrogens is 168 g/mol. The lowest BCUT2D eigenvalue weighted by Gasteiger charge is -2.19. The summed E-state index contributed by atoms with van der Waals surface area (Å²) < 4.78 is 0. The Hall–Kier alpha value is -0.780. The minimum atomic E-state index is 1.16. The lowest BCUT2D eigenvalue weighted by Crippen LogP contribution is -2.04. The third-order valence-electron chi connectivity index (χ3n) is 3.66. The van der Waals surface area contributed by atoms with Crippen molar-refractivity contribution in [2.24, 2.45) is 0 Å². The van der Waals surface area contributed by atoms with Gasteiger partial charge in [0.15, 0.2) is 0 Å². The molecule has 0 heterocycles. The van der Waals surface area contributed by atoms with Crippen LogP contribution in [-0.2, 0) is 12.8 Å². The van der Waals surface area contributed by atoms with Crippen LogP contribution < -0.4 is 0 Å². The van der Waals surface area contributed by atoms with Crippen molar-refractivity contribution in [2.45, 2.75) is 54.4 Å². The molecule has 0 saturated heterocycles. The van der Waals surface area contributed by atoms with Gasteiger partial charge >= 0.3 is 0 Å². The summed E-state index contributed by atoms with van der Waals surface area (Å²) in [5.41, 5.74) is 9.13. The van der Waals surface area contributed by atoms with Gasteiger partial charge in [0.1, 0.15) is 0 Å². The molecule has 0 atom stereocenters. The lowest BCUT2D eigenvalue weighted by molar-refractivity contribution is 0.978. The quantitative estimate of drug-likeness (QED) is 0.660. The van der Waals surface area contributed by atoms with Crippen LogP contribution in [0.3, 0.4) is 0 Å². The first-order chi connectivity index (χ1) is 6.54. The highest BCUT2D eigenvalue weighted by Gasteiger charge is 2.11. The van der Waals surface area contributed by atoms with Gasteiger partial charge in [-0.15, -0.1) is 0 Å². The molecule has 78 valence electrons. The molecular formula is C14H22. The summed E-state index contributed by atoms with van der Waals surface area (Å²) in [5, 5.41) is 0. The van der Waals surface area contributed by atoms with Crippen LogP contribution in [0.2, 0.25) is 0 Å². The number of hydrogen-bond acceptors (Lipinski definition) is 0. The van der Waals surface area contributed by atoms with Gasteiger partial charge in [0.25, 0.3) is 0 Å². The molecule has 0 N–H and O–H groups in total. The Morgan fingerprint density at radius 2 is 0.857 bits per heavy atom. The molecule has 0 fully saturated rings. The molecule has 0 aliphatic rings. The van der Waals surface area contributed by atoms with Crippen LogP contribution in [-0.4, -0.2) is 0 Å². The highest BCUT2D eigenvalue weighted by atomic mass is 14.2. The smallest absolute Gasteiger partial charge is 0.0302 e. The first kappa shape index (κ1) is 11.3. The Kier molecular flexibility index (Phi) is 3.36. The first-order valence-corrected chi connectivity index (χ1v) is 5.62. The molecule has 0 radical (unpaired) electrons. The summed E-state index contributed by atoms with van der Waals surface area (Å²) in [5.74, 6) is 0. The average molecular weight is 190 g/mol. The Labute approximate surface area is 88.4 Å². The molecule has 1 aromatic carbocycles. The van der Waals surface area contributed by atoms with Crippen molar-refractivity contribution in [3.8, 4) is 0 Å². The van der Waals surface area contributed by atoms with Gasteiger partial charge in [-0.05, 0) is 73.9 Å². The fourth-order valence-electron chi connectivity index (χ4n) is 2.42. The van der Waals surface area contributed by atoms with E-state index in [1.807, 2.05) is 0 Å². The third kappa shape index (κ3) is 1.58. The zero-order chi connectivity index (χ0) is 10.9. The van der Waals surface area contributed by atoms with E-state index in [0.717, 1.165) is 12.8 Å². The van der Waals surface area contributed by atoms with Crippen molar-refractivity contribution < 1.29 is 0 Å². The Morgan fingerprint density at radius 3 is 1.07 bits per heavy atom. The Balaban J connectivity index is 3.57. The van der Waals surface area contributed by atoms with Gasteiger partial charge in [-0.2, -0.15) is 0 Å². The van der Waals surface area contributed by atoms with Crippen LogP contribution >= 0.6 is 0 Å². The lowest BCUT2D eigenvalue weighted by atomic mass is 9.87. The van der Waals surface area contributed by atoms with Gasteiger partial charge < -0.3 is 0 Å². The van der Waals surface area contributed by atoms with Gasteiger partial charge in [0.05, 0.1) is 0 Å². The minimum absolute atomic E-state index is 1.16. The predicted molar refractivity (Wildman–Crippen MR) is 64.1 cm³/mol. The fraction of sp³-hybridized carbons (Fsp3) is 0.571. The topological polar surface area (TPSA) is 0 Å². The van der Waals surface area contributed by atoms with Gasteiger partial charge in [-0.3, -0.25) is 0 Å². The monoisotopic (exact) mass is 190 g/mol. The van der Waals surface area contributed by atoms with Crippen molar-refractivity contribution in [3.05, 3.63) is 33.4 Å². The van der Waals surface area contributed by atoms with E-state index in [9.17, 15) is 0 Å². The van der Waals surface area contributed by atoms with Crippen molar-refractivity contribution in [1.82, 2.24) is 0 Å². The van der Waals surface area contributed by atoms with E-state index in [4.69, 9.17) is 0 Å². The average Bonchev–Trinajstić information content (AvgIpc) is 2.20. The maximum Gasteiger partial charge on any atom is -0.0302 e. The first-order valence-electron chi connectivity index (χ1n) is 5.62. The van der Waals surface area contributed by atoms with Crippen molar-refractivity contribution >= 4 is 0 Å². The maximum atomic E-state index is 2.26. The number of benzene rings is 1. The molecule has 0 aliphatic carbocycles. The Morgan fingerprint density at radius 1 is 0.571 bits per heavy atom. The van der Waals surface area contributed by atoms with Crippen LogP contribution in [0.1, 0.15) is 47.2 Å². The van der Waals surface area contributed by atoms with Crippen molar-refractivity contribution in [1.29, 1.82) is 0 Å². The van der Waals surface area contributed by atoms with Crippen LogP contribution in [0.5, 0.6) is 0 Å². The van der Waals surface area contributed by atoms with E-state index in [2.05, 4.69) is 41.5 Å². The largest absolute Gasteiger partial charge is 0.0613 e. The third-order valence-corrected chi connectivity index (χ3v) is 3.66. The summed E-state index contributed by atoms with van der Waals surface area (Å²) in [6, 6.07) is 0. The molecule has 14 heavy (non-hydrogen) atoms. The normalized spacial score (nSPS) is 10.7. The van der Waals surface area contributed by atoms with E-state index < -0.39 is 0 Å². The van der Waals surface area contributed by atoms with Gasteiger partial charge in [0, 0.05) is 0 Å². The molecule has 0 aromatic heterocycles. The zero-order valence-corrected chi connectivity index (χ0v) is 10.4. The molecule has 1 aromatic rings. The zero-order valence-electron chi connectivity index (χ0n) is 10.4. The summed E-state index contributed by atoms with van der Waals surface area (Å²) in [6.07, 6.45) is 2.33. The van der Waals surface area contributed by atoms with Crippen LogP contribution in [0.4, 0.5) is 0 Å². The molecule has 0 aliphatic heterocycles. The molecule has 0 saturated carbocycles. The van der Waals surface area contributed by atoms with E-state index in [1.54, 1.807) is 11.1 Å². The highest BCUT2D eigenvalue weighted by Crippen LogP contribution is 2.27. The fourth-order valence-corrected chi connectivity index (χ4v) is 2.42. The van der Waals surface area contributed by atoms with E-state index in [1.165, 1.54) is 22.3 Å². The molecule has 0 amide bonds. The molecule has 0 unspecified atom stereocenters. The summed E-state index contributed by atoms with van der Waals surface area (Å²) in [7, 11) is 0. The van der Waals surface area contributed by atoms with Crippen LogP contribution in [0.15, 0.2) is 0 Å². The highest BCUT2D eigenvalue weighted by molar-refractivity contribution is 5.49. The second kappa shape index (κ2) is 4.16. The molecule has 0 nitrogen and oxygen atoms in total. The van der Waals surface area contributed by atoms with E-state index >= 15 is 0 Å². The second-order valence-electron chi connectivity index (χ2n) is 4.16. The second-order valence-corrected chi connectivity index (χ2v) is 4.16. The van der Waals surface area contributed by atoms with Gasteiger partial charge in [-0.1, -0.05) is 13.8 Å². The van der Waals surface area contributed by atoms with E-state index in [0.29, 0.717) is 0 Å². The molecule has 0 spiro atoms.